The number of ether oxygens (including phenoxy) is 2. The summed E-state index contributed by atoms with van der Waals surface area (Å²) >= 11 is 0. The first-order valence-corrected chi connectivity index (χ1v) is 11.9. The molecule has 1 aliphatic rings. The fourth-order valence-electron chi connectivity index (χ4n) is 3.85. The highest BCUT2D eigenvalue weighted by Gasteiger charge is 2.39. The van der Waals surface area contributed by atoms with E-state index in [0.29, 0.717) is 17.0 Å². The summed E-state index contributed by atoms with van der Waals surface area (Å²) in [4.78, 5) is 40.8. The van der Waals surface area contributed by atoms with Crippen molar-refractivity contribution in [3.05, 3.63) is 59.7 Å². The van der Waals surface area contributed by atoms with E-state index in [1.165, 1.54) is 0 Å². The van der Waals surface area contributed by atoms with Crippen LogP contribution < -0.4 is 15.4 Å². The highest BCUT2D eigenvalue weighted by molar-refractivity contribution is 5.98. The van der Waals surface area contributed by atoms with E-state index in [1.54, 1.807) is 57.0 Å². The van der Waals surface area contributed by atoms with E-state index in [4.69, 9.17) is 9.47 Å². The lowest BCUT2D eigenvalue weighted by molar-refractivity contribution is -0.143. The number of amides is 3. The Morgan fingerprint density at radius 3 is 2.17 bits per heavy atom. The predicted octanol–water partition coefficient (Wildman–Crippen LogP) is 4.59. The highest BCUT2D eigenvalue weighted by atomic mass is 16.6. The molecule has 0 aromatic heterocycles. The summed E-state index contributed by atoms with van der Waals surface area (Å²) in [5, 5.41) is 5.48. The zero-order valence-corrected chi connectivity index (χ0v) is 21.1. The molecule has 2 aromatic rings. The molecule has 2 N–H and O–H groups in total. The first-order valence-electron chi connectivity index (χ1n) is 11.9. The van der Waals surface area contributed by atoms with Gasteiger partial charge in [-0.3, -0.25) is 9.59 Å². The average molecular weight is 482 g/mol. The Labute approximate surface area is 207 Å². The number of aryl methyl sites for hydroxylation is 1. The fraction of sp³-hybridized carbons (Fsp3) is 0.444. The molecule has 1 saturated carbocycles. The van der Waals surface area contributed by atoms with Crippen LogP contribution in [0.5, 0.6) is 5.75 Å². The third-order valence-corrected chi connectivity index (χ3v) is 5.82. The van der Waals surface area contributed by atoms with E-state index < -0.39 is 17.7 Å². The van der Waals surface area contributed by atoms with Gasteiger partial charge in [-0.1, -0.05) is 29.8 Å². The number of rotatable bonds is 8. The Hall–Kier alpha value is -3.55. The van der Waals surface area contributed by atoms with Gasteiger partial charge in [0.05, 0.1) is 7.11 Å². The molecule has 3 amide bonds. The zero-order valence-electron chi connectivity index (χ0n) is 21.1. The Balaban J connectivity index is 1.86. The number of alkyl carbamates (subject to hydrolysis) is 1. The third kappa shape index (κ3) is 7.21. The van der Waals surface area contributed by atoms with Gasteiger partial charge in [0.1, 0.15) is 23.9 Å². The Morgan fingerprint density at radius 2 is 1.66 bits per heavy atom. The van der Waals surface area contributed by atoms with Crippen LogP contribution in [0.2, 0.25) is 0 Å². The van der Waals surface area contributed by atoms with Crippen molar-refractivity contribution < 1.29 is 23.9 Å². The van der Waals surface area contributed by atoms with Gasteiger partial charge in [-0.15, -0.1) is 0 Å². The molecular weight excluding hydrogens is 446 g/mol. The molecule has 1 unspecified atom stereocenters. The van der Waals surface area contributed by atoms with E-state index in [0.717, 1.165) is 24.8 Å². The summed E-state index contributed by atoms with van der Waals surface area (Å²) in [6.07, 6.45) is 1.91. The summed E-state index contributed by atoms with van der Waals surface area (Å²) in [5.74, 6) is 0.0186. The van der Waals surface area contributed by atoms with Crippen LogP contribution in [0, 0.1) is 6.92 Å². The van der Waals surface area contributed by atoms with Crippen LogP contribution in [-0.2, 0) is 14.3 Å². The summed E-state index contributed by atoms with van der Waals surface area (Å²) in [7, 11) is 1.58. The SMILES string of the molecule is COc1ccc(NC(=O)C(c2ccc(C)cc2)N(C(=O)CNC(=O)OC(C)(C)C)C2CCC2)cc1. The smallest absolute Gasteiger partial charge is 0.408 e. The van der Waals surface area contributed by atoms with Crippen LogP contribution in [0.15, 0.2) is 48.5 Å². The second-order valence-electron chi connectivity index (χ2n) is 9.77. The second kappa shape index (κ2) is 11.3. The first-order chi connectivity index (χ1) is 16.6. The number of carbonyl (C=O) groups is 3. The maximum atomic E-state index is 13.6. The molecule has 0 spiro atoms. The molecule has 188 valence electrons. The second-order valence-corrected chi connectivity index (χ2v) is 9.77. The molecule has 3 rings (SSSR count). The predicted molar refractivity (Wildman–Crippen MR) is 134 cm³/mol. The maximum absolute atomic E-state index is 13.6. The minimum absolute atomic E-state index is 0.0872. The largest absolute Gasteiger partial charge is 0.497 e. The van der Waals surface area contributed by atoms with Crippen molar-refractivity contribution >= 4 is 23.6 Å². The van der Waals surface area contributed by atoms with Gasteiger partial charge in [-0.2, -0.15) is 0 Å². The average Bonchev–Trinajstić information content (AvgIpc) is 2.76. The van der Waals surface area contributed by atoms with Gasteiger partial charge >= 0.3 is 6.09 Å². The highest BCUT2D eigenvalue weighted by Crippen LogP contribution is 2.34. The van der Waals surface area contributed by atoms with Crippen LogP contribution >= 0.6 is 0 Å². The van der Waals surface area contributed by atoms with Gasteiger partial charge in [0.15, 0.2) is 0 Å². The molecule has 1 fully saturated rings. The summed E-state index contributed by atoms with van der Waals surface area (Å²) in [6, 6.07) is 13.7. The minimum atomic E-state index is -0.851. The maximum Gasteiger partial charge on any atom is 0.408 e. The Kier molecular flexibility index (Phi) is 8.38. The first kappa shape index (κ1) is 26.1. The molecule has 0 heterocycles. The minimum Gasteiger partial charge on any atom is -0.497 e. The number of benzene rings is 2. The number of hydrogen-bond acceptors (Lipinski definition) is 5. The molecule has 2 aromatic carbocycles. The van der Waals surface area contributed by atoms with Crippen LogP contribution in [0.25, 0.3) is 0 Å². The molecule has 8 heteroatoms. The molecule has 35 heavy (non-hydrogen) atoms. The molecule has 8 nitrogen and oxygen atoms in total. The molecule has 0 radical (unpaired) electrons. The zero-order chi connectivity index (χ0) is 25.6. The van der Waals surface area contributed by atoms with Crippen molar-refractivity contribution in [3.8, 4) is 5.75 Å². The molecule has 0 saturated heterocycles. The fourth-order valence-corrected chi connectivity index (χ4v) is 3.85. The van der Waals surface area contributed by atoms with E-state index in [-0.39, 0.29) is 24.4 Å². The van der Waals surface area contributed by atoms with Crippen LogP contribution in [0.4, 0.5) is 10.5 Å². The lowest BCUT2D eigenvalue weighted by Crippen LogP contribution is -2.53. The number of hydrogen-bond donors (Lipinski definition) is 2. The lowest BCUT2D eigenvalue weighted by Gasteiger charge is -2.42. The lowest BCUT2D eigenvalue weighted by atomic mass is 9.88. The van der Waals surface area contributed by atoms with Crippen molar-refractivity contribution in [2.75, 3.05) is 19.0 Å². The van der Waals surface area contributed by atoms with Crippen molar-refractivity contribution in [3.63, 3.8) is 0 Å². The number of methoxy groups -OCH3 is 1. The van der Waals surface area contributed by atoms with E-state index in [2.05, 4.69) is 10.6 Å². The van der Waals surface area contributed by atoms with E-state index in [9.17, 15) is 14.4 Å². The van der Waals surface area contributed by atoms with Crippen molar-refractivity contribution in [2.24, 2.45) is 0 Å². The van der Waals surface area contributed by atoms with E-state index in [1.807, 2.05) is 31.2 Å². The van der Waals surface area contributed by atoms with Crippen LogP contribution in [0.3, 0.4) is 0 Å². The molecule has 1 atom stereocenters. The standard InChI is InChI=1S/C27H35N3O5/c1-18-9-11-19(12-10-18)24(25(32)29-20-13-15-22(34-5)16-14-20)30(21-7-6-8-21)23(31)17-28-26(33)35-27(2,3)4/h9-16,21,24H,6-8,17H2,1-5H3,(H,28,33)(H,29,32). The Bertz CT molecular complexity index is 1020. The third-order valence-electron chi connectivity index (χ3n) is 5.82. The normalized spacial score (nSPS) is 14.3. The molecule has 1 aliphatic carbocycles. The van der Waals surface area contributed by atoms with Gasteiger partial charge in [-0.05, 0) is 76.8 Å². The summed E-state index contributed by atoms with van der Waals surface area (Å²) < 4.78 is 10.5. The number of carbonyl (C=O) groups excluding carboxylic acids is 3. The number of anilines is 1. The van der Waals surface area contributed by atoms with Crippen LogP contribution in [-0.4, -0.2) is 48.1 Å². The number of nitrogens with one attached hydrogen (secondary N) is 2. The number of nitrogens with zero attached hydrogens (tertiary/aromatic N) is 1. The molecule has 0 aliphatic heterocycles. The van der Waals surface area contributed by atoms with E-state index >= 15 is 0 Å². The molecule has 0 bridgehead atoms. The van der Waals surface area contributed by atoms with Gasteiger partial charge in [0.2, 0.25) is 5.91 Å². The Morgan fingerprint density at radius 1 is 1.03 bits per heavy atom. The van der Waals surface area contributed by atoms with Crippen molar-refractivity contribution in [2.45, 2.75) is 64.6 Å². The van der Waals surface area contributed by atoms with Gasteiger partial charge in [0.25, 0.3) is 5.91 Å². The monoisotopic (exact) mass is 481 g/mol. The van der Waals surface area contributed by atoms with Gasteiger partial charge in [-0.25, -0.2) is 4.79 Å². The summed E-state index contributed by atoms with van der Waals surface area (Å²) in [6.45, 7) is 6.98. The molecular formula is C27H35N3O5. The van der Waals surface area contributed by atoms with Gasteiger partial charge in [0, 0.05) is 11.7 Å². The topological polar surface area (TPSA) is 97.0 Å². The summed E-state index contributed by atoms with van der Waals surface area (Å²) in [5.41, 5.74) is 1.68. The van der Waals surface area contributed by atoms with Crippen molar-refractivity contribution in [1.29, 1.82) is 0 Å². The van der Waals surface area contributed by atoms with Gasteiger partial charge < -0.3 is 25.0 Å². The van der Waals surface area contributed by atoms with Crippen LogP contribution in [0.1, 0.15) is 57.2 Å². The van der Waals surface area contributed by atoms with Crippen molar-refractivity contribution in [1.82, 2.24) is 10.2 Å². The quantitative estimate of drug-likeness (QED) is 0.575.